The van der Waals surface area contributed by atoms with E-state index in [0.29, 0.717) is 71.3 Å². The van der Waals surface area contributed by atoms with Gasteiger partial charge >= 0.3 is 0 Å². The lowest BCUT2D eigenvalue weighted by Crippen LogP contribution is -3.00. The molecular formula is C94H127Cl4F3N7O10S3-. The van der Waals surface area contributed by atoms with Gasteiger partial charge in [-0.2, -0.15) is 8.42 Å². The summed E-state index contributed by atoms with van der Waals surface area (Å²) in [6.07, 6.45) is 44.0. The molecule has 0 amide bonds. The monoisotopic (exact) mass is 1800 g/mol. The van der Waals surface area contributed by atoms with Gasteiger partial charge in [0.2, 0.25) is 9.05 Å². The Labute approximate surface area is 748 Å². The van der Waals surface area contributed by atoms with Crippen molar-refractivity contribution in [2.75, 3.05) is 160 Å². The van der Waals surface area contributed by atoms with Gasteiger partial charge in [-0.1, -0.05) is 248 Å². The van der Waals surface area contributed by atoms with Crippen LogP contribution in [0.15, 0.2) is 212 Å². The molecule has 0 bridgehead atoms. The van der Waals surface area contributed by atoms with Gasteiger partial charge in [0.15, 0.2) is 0 Å². The van der Waals surface area contributed by atoms with E-state index in [4.69, 9.17) is 73.7 Å². The molecule has 0 aliphatic carbocycles. The Morgan fingerprint density at radius 3 is 1.01 bits per heavy atom. The fourth-order valence-electron chi connectivity index (χ4n) is 11.2. The quantitative estimate of drug-likeness (QED) is 0.00726. The van der Waals surface area contributed by atoms with Gasteiger partial charge in [0, 0.05) is 68.5 Å². The molecule has 1 fully saturated rings. The largest absolute Gasteiger partial charge is 1.00 e. The van der Waals surface area contributed by atoms with Crippen LogP contribution in [-0.2, 0) is 78.4 Å². The van der Waals surface area contributed by atoms with Crippen LogP contribution in [0.1, 0.15) is 40.4 Å². The lowest BCUT2D eigenvalue weighted by Gasteiger charge is -2.25. The first-order chi connectivity index (χ1) is 55.9. The van der Waals surface area contributed by atoms with E-state index in [2.05, 4.69) is 131 Å². The van der Waals surface area contributed by atoms with Crippen LogP contribution in [0.4, 0.5) is 13.5 Å². The first-order valence-electron chi connectivity index (χ1n) is 38.0. The summed E-state index contributed by atoms with van der Waals surface area (Å²) in [5.41, 5.74) is 8.43. The van der Waals surface area contributed by atoms with E-state index in [0.717, 1.165) is 72.1 Å². The number of rotatable bonds is 35. The number of hydrogen-bond donors (Lipinski definition) is 2. The minimum absolute atomic E-state index is 0. The molecule has 8 rings (SSSR count). The molecule has 7 aromatic rings. The Morgan fingerprint density at radius 2 is 0.727 bits per heavy atom. The van der Waals surface area contributed by atoms with Crippen molar-refractivity contribution >= 4 is 64.0 Å². The van der Waals surface area contributed by atoms with E-state index < -0.39 is 35.5 Å². The maximum absolute atomic E-state index is 13.6. The molecule has 0 radical (unpaired) electrons. The molecule has 27 heteroatoms. The number of hydrogen-bond acceptors (Lipinski definition) is 16. The first-order valence-corrected chi connectivity index (χ1v) is 44.8. The van der Waals surface area contributed by atoms with Crippen molar-refractivity contribution in [2.24, 2.45) is 0 Å². The number of aliphatic hydroxyl groups is 2. The van der Waals surface area contributed by atoms with Crippen molar-refractivity contribution in [3.63, 3.8) is 0 Å². The highest BCUT2D eigenvalue weighted by Gasteiger charge is 2.50. The summed E-state index contributed by atoms with van der Waals surface area (Å²) >= 11 is 6.24. The smallest absolute Gasteiger partial charge is 0.264 e. The van der Waals surface area contributed by atoms with Crippen LogP contribution in [-0.4, -0.2) is 276 Å². The van der Waals surface area contributed by atoms with Crippen LogP contribution in [0.2, 0.25) is 0 Å². The molecule has 7 aromatic carbocycles. The second-order valence-corrected chi connectivity index (χ2v) is 35.2. The molecule has 8 atom stereocenters. The van der Waals surface area contributed by atoms with E-state index in [1.54, 1.807) is 0 Å². The third kappa shape index (κ3) is 66.1. The van der Waals surface area contributed by atoms with Crippen molar-refractivity contribution in [1.82, 2.24) is 29.4 Å². The van der Waals surface area contributed by atoms with Crippen molar-refractivity contribution in [1.29, 1.82) is 0 Å². The third-order valence-corrected chi connectivity index (χ3v) is 18.5. The van der Waals surface area contributed by atoms with E-state index in [1.165, 1.54) is 35.2 Å². The van der Waals surface area contributed by atoms with Crippen molar-refractivity contribution < 1.29 is 76.0 Å². The highest BCUT2D eigenvalue weighted by atomic mass is 35.7. The van der Waals surface area contributed by atoms with E-state index in [-0.39, 0.29) is 87.0 Å². The van der Waals surface area contributed by atoms with Gasteiger partial charge in [0.05, 0.1) is 94.1 Å². The zero-order valence-electron chi connectivity index (χ0n) is 71.4. The zero-order valence-corrected chi connectivity index (χ0v) is 76.9. The predicted molar refractivity (Wildman–Crippen MR) is 497 cm³/mol. The standard InChI is InChI=1S/C14H19NO3S.C13H16ClN.2C13H16FN.2C13H17NO.C13H16N.CH3ClO2S.CH4O3S.2ClH.FH.H2/c1-4-10-15(2)14(12-18-19(3,16)17)11-13-8-6-5-7-9-13;2*1-3-9-15(2)11-13(14)10-12-7-5-4-6-8-12;1-3-9-15(2)13(11-14)10-12-7-5-4-6-8-12;2*1-3-9-14(2)13(11-15)10-12-7-5-4-6-8-12;1-3-9-14(2)11-13(14)10-12-7-5-4-6-8-12;2*1-5(2,3)4;;;;/h1,5-9,14H,10-12H2,2-3H3;3*1,4-8,13H,9-11H2,2H3;2*1,4-8,13,15H,9-11H2,2H3;1,4-8,13H,9-11H2,2H3;1H3;1H3,(H,2,3,4);4*1H/q;;;;;;+1;;;;;;/p-2/t14-;5*13-;13-,14?;;;;;;/m0110000....../s1/i;;2*14-1;;;;;;;;;. The average Bonchev–Trinajstić information content (AvgIpc) is 1.62. The SMILES string of the molecule is C#CCN(C)C[C@H](Cl)Cc1ccccc1.C#CCN(C)C[C@H]([18F])Cc1ccccc1.C#CCN(C)[C@H](CO)Cc1ccccc1.C#CCN(C)[C@H](CO)Cc1ccccc1.C#CCN(C)[C@H](COS(C)(=O)=O)Cc1ccccc1.C#CCN(C)[C@H](C[18F])Cc1ccccc1.C#CC[N+]1(C)C[C@@H]1Cc1ccccc1.CS(=O)(=O)Cl.CS(=O)(=O)[O-].Cl.F.[Cl-].[HH]. The van der Waals surface area contributed by atoms with E-state index in [1.807, 2.05) is 212 Å². The minimum atomic E-state index is -3.92. The Balaban J connectivity index is -0.000000426. The van der Waals surface area contributed by atoms with Crippen LogP contribution in [0, 0.1) is 86.4 Å². The number of quaternary nitrogens is 1. The first kappa shape index (κ1) is 119. The summed E-state index contributed by atoms with van der Waals surface area (Å²) in [5.74, 6) is 18.1. The van der Waals surface area contributed by atoms with Gasteiger partial charge in [-0.15, -0.1) is 69.0 Å². The maximum atomic E-state index is 13.6. The van der Waals surface area contributed by atoms with Crippen molar-refractivity contribution in [3.05, 3.63) is 251 Å². The van der Waals surface area contributed by atoms with E-state index >= 15 is 0 Å². The number of likely N-dealkylation sites (N-methyl/N-ethyl adjacent to an activating group) is 5. The molecule has 0 saturated carbocycles. The fourth-order valence-corrected chi connectivity index (χ4v) is 12.0. The molecule has 17 nitrogen and oxygen atoms in total. The summed E-state index contributed by atoms with van der Waals surface area (Å²) in [5, 5.41) is 18.7. The van der Waals surface area contributed by atoms with Crippen LogP contribution in [0.5, 0.6) is 0 Å². The Kier molecular flexibility index (Phi) is 69.2. The number of alkyl halides is 3. The van der Waals surface area contributed by atoms with Gasteiger partial charge in [0.1, 0.15) is 32.0 Å². The molecule has 0 spiro atoms. The van der Waals surface area contributed by atoms with Gasteiger partial charge in [-0.3, -0.25) is 38.3 Å². The number of nitrogens with zero attached hydrogens (tertiary/aromatic N) is 7. The highest BCUT2D eigenvalue weighted by molar-refractivity contribution is 8.13. The van der Waals surface area contributed by atoms with Crippen LogP contribution in [0.25, 0.3) is 0 Å². The average molecular weight is 1810 g/mol. The number of aliphatic hydroxyl groups excluding tert-OH is 2. The van der Waals surface area contributed by atoms with Gasteiger partial charge in [-0.05, 0) is 119 Å². The summed E-state index contributed by atoms with van der Waals surface area (Å²) in [7, 11) is 7.60. The lowest BCUT2D eigenvalue weighted by molar-refractivity contribution is -0.783. The third-order valence-electron chi connectivity index (χ3n) is 17.7. The second kappa shape index (κ2) is 70.2. The molecule has 1 aliphatic heterocycles. The number of benzene rings is 7. The topological polar surface area (TPSA) is 195 Å². The van der Waals surface area contributed by atoms with Gasteiger partial charge < -0.3 is 31.7 Å². The number of halogens is 7. The Morgan fingerprint density at radius 1 is 0.471 bits per heavy atom. The maximum Gasteiger partial charge on any atom is 0.264 e. The summed E-state index contributed by atoms with van der Waals surface area (Å²) < 4.78 is 101. The summed E-state index contributed by atoms with van der Waals surface area (Å²) in [4.78, 5) is 11.6. The van der Waals surface area contributed by atoms with Crippen LogP contribution < -0.4 is 12.4 Å². The molecular weight excluding hydrogens is 1680 g/mol. The van der Waals surface area contributed by atoms with Gasteiger partial charge in [0.25, 0.3) is 10.1 Å². The Hall–Kier alpha value is -8.18. The normalized spacial score (nSPS) is 14.1. The summed E-state index contributed by atoms with van der Waals surface area (Å²) in [6.45, 7) is 6.53. The fraction of sp³-hybridized carbons (Fsp3) is 0.404. The molecule has 121 heavy (non-hydrogen) atoms. The van der Waals surface area contributed by atoms with Gasteiger partial charge in [-0.25, -0.2) is 25.6 Å². The molecule has 666 valence electrons. The molecule has 1 saturated heterocycles. The summed E-state index contributed by atoms with van der Waals surface area (Å²) in [6, 6.07) is 71.3. The molecule has 2 N–H and O–H groups in total. The van der Waals surface area contributed by atoms with Crippen molar-refractivity contribution in [3.8, 4) is 86.4 Å². The minimum Gasteiger partial charge on any atom is -1.00 e. The highest BCUT2D eigenvalue weighted by Crippen LogP contribution is 2.30. The van der Waals surface area contributed by atoms with Crippen molar-refractivity contribution in [2.45, 2.75) is 86.7 Å². The van der Waals surface area contributed by atoms with Crippen LogP contribution in [0.3, 0.4) is 0 Å². The zero-order chi connectivity index (χ0) is 88.8. The van der Waals surface area contributed by atoms with Crippen LogP contribution >= 0.6 is 34.7 Å². The predicted octanol–water partition coefficient (Wildman–Crippen LogP) is 8.98. The second-order valence-electron chi connectivity index (χ2n) is 28.5. The molecule has 1 heterocycles. The molecule has 1 unspecified atom stereocenters. The lowest BCUT2D eigenvalue weighted by atomic mass is 10.1. The van der Waals surface area contributed by atoms with E-state index in [9.17, 15) is 35.8 Å². The number of terminal acetylenes is 7. The molecule has 1 aliphatic rings. The Bertz CT molecular complexity index is 4190. The molecule has 0 aromatic heterocycles.